The van der Waals surface area contributed by atoms with Gasteiger partial charge in [0.25, 0.3) is 0 Å². The normalized spacial score (nSPS) is 18.8. The molecule has 3 aromatic rings. The van der Waals surface area contributed by atoms with Gasteiger partial charge in [-0.05, 0) is 110 Å². The van der Waals surface area contributed by atoms with Gasteiger partial charge in [-0.2, -0.15) is 26.3 Å². The molecule has 1 fully saturated rings. The van der Waals surface area contributed by atoms with Crippen molar-refractivity contribution in [1.29, 1.82) is 0 Å². The van der Waals surface area contributed by atoms with Crippen molar-refractivity contribution in [3.8, 4) is 11.1 Å². The van der Waals surface area contributed by atoms with Crippen LogP contribution in [0.1, 0.15) is 86.7 Å². The summed E-state index contributed by atoms with van der Waals surface area (Å²) in [4.78, 5) is 14.8. The lowest BCUT2D eigenvalue weighted by atomic mass is 9.74. The third-order valence-corrected chi connectivity index (χ3v) is 8.62. The van der Waals surface area contributed by atoms with Crippen LogP contribution in [0.5, 0.6) is 0 Å². The first-order chi connectivity index (χ1) is 20.0. The van der Waals surface area contributed by atoms with Gasteiger partial charge < -0.3 is 5.11 Å². The number of carboxylic acid groups (broad SMARTS) is 1. The van der Waals surface area contributed by atoms with E-state index in [4.69, 9.17) is 0 Å². The Hall–Kier alpha value is -3.33. The van der Waals surface area contributed by atoms with Gasteiger partial charge in [-0.3, -0.25) is 9.69 Å². The predicted molar refractivity (Wildman–Crippen MR) is 155 cm³/mol. The van der Waals surface area contributed by atoms with Gasteiger partial charge in [0.05, 0.1) is 16.5 Å². The molecular formula is C34H37F6NO2. The third kappa shape index (κ3) is 7.43. The molecule has 0 aliphatic carbocycles. The Morgan fingerprint density at radius 1 is 0.837 bits per heavy atom. The van der Waals surface area contributed by atoms with Crippen molar-refractivity contribution in [2.45, 2.75) is 76.7 Å². The number of likely N-dealkylation sites (tertiary alicyclic amines) is 1. The van der Waals surface area contributed by atoms with Crippen LogP contribution < -0.4 is 0 Å². The monoisotopic (exact) mass is 605 g/mol. The second-order valence-electron chi connectivity index (χ2n) is 12.3. The molecule has 1 aliphatic heterocycles. The molecule has 0 radical (unpaired) electrons. The first-order valence-electron chi connectivity index (χ1n) is 14.5. The van der Waals surface area contributed by atoms with Gasteiger partial charge in [-0.25, -0.2) is 0 Å². The lowest BCUT2D eigenvalue weighted by Gasteiger charge is -2.38. The molecule has 3 nitrogen and oxygen atoms in total. The first-order valence-corrected chi connectivity index (χ1v) is 14.5. The van der Waals surface area contributed by atoms with Gasteiger partial charge in [-0.15, -0.1) is 0 Å². The summed E-state index contributed by atoms with van der Waals surface area (Å²) in [5.74, 6) is -0.900. The van der Waals surface area contributed by atoms with Crippen LogP contribution in [0.15, 0.2) is 66.7 Å². The van der Waals surface area contributed by atoms with Crippen LogP contribution in [-0.2, 0) is 22.6 Å². The highest BCUT2D eigenvalue weighted by Crippen LogP contribution is 2.40. The number of benzene rings is 3. The second-order valence-corrected chi connectivity index (χ2v) is 12.3. The molecule has 3 atom stereocenters. The molecule has 1 aliphatic rings. The van der Waals surface area contributed by atoms with Gasteiger partial charge in [-0.1, -0.05) is 50.2 Å². The van der Waals surface area contributed by atoms with E-state index >= 15 is 0 Å². The zero-order valence-corrected chi connectivity index (χ0v) is 24.7. The lowest BCUT2D eigenvalue weighted by Crippen LogP contribution is -2.37. The number of halogens is 6. The molecule has 232 valence electrons. The van der Waals surface area contributed by atoms with E-state index in [9.17, 15) is 36.2 Å². The minimum absolute atomic E-state index is 0.00380. The Morgan fingerprint density at radius 2 is 1.40 bits per heavy atom. The van der Waals surface area contributed by atoms with E-state index in [1.165, 1.54) is 24.3 Å². The molecule has 1 saturated heterocycles. The number of carboxylic acids is 1. The number of rotatable bonds is 8. The zero-order chi connectivity index (χ0) is 31.7. The largest absolute Gasteiger partial charge is 0.481 e. The summed E-state index contributed by atoms with van der Waals surface area (Å²) in [6.07, 6.45) is -6.86. The number of nitrogens with zero attached hydrogens (tertiary/aromatic N) is 1. The lowest BCUT2D eigenvalue weighted by molar-refractivity contribution is -0.144. The molecule has 0 bridgehead atoms. The van der Waals surface area contributed by atoms with Crippen LogP contribution in [0, 0.1) is 5.92 Å². The van der Waals surface area contributed by atoms with Crippen LogP contribution in [0.4, 0.5) is 26.3 Å². The maximum absolute atomic E-state index is 13.2. The van der Waals surface area contributed by atoms with E-state index in [1.807, 2.05) is 32.9 Å². The maximum atomic E-state index is 13.2. The average molecular weight is 606 g/mol. The Bertz CT molecular complexity index is 1410. The summed E-state index contributed by atoms with van der Waals surface area (Å²) in [5, 5.41) is 10.3. The van der Waals surface area contributed by atoms with Crippen molar-refractivity contribution >= 4 is 5.97 Å². The summed E-state index contributed by atoms with van der Waals surface area (Å²) < 4.78 is 79.0. The first kappa shape index (κ1) is 32.6. The van der Waals surface area contributed by atoms with Crippen LogP contribution in [0.25, 0.3) is 11.1 Å². The second kappa shape index (κ2) is 12.3. The van der Waals surface area contributed by atoms with Crippen LogP contribution >= 0.6 is 0 Å². The molecule has 43 heavy (non-hydrogen) atoms. The molecule has 3 aromatic carbocycles. The van der Waals surface area contributed by atoms with Crippen LogP contribution in [0.2, 0.25) is 0 Å². The SMILES string of the molecule is CC(C)C[C@@](C)(C(=O)O)c1cc(-c2ccc(C(F)(F)F)cc2)cc(C2CCCN(C(C)c3ccc(C(F)(F)F)cc3)C2)c1. The highest BCUT2D eigenvalue weighted by Gasteiger charge is 2.38. The topological polar surface area (TPSA) is 40.5 Å². The number of hydrogen-bond acceptors (Lipinski definition) is 2. The Kier molecular flexibility index (Phi) is 9.35. The van der Waals surface area contributed by atoms with E-state index < -0.39 is 34.9 Å². The fourth-order valence-electron chi connectivity index (χ4n) is 6.16. The Labute approximate surface area is 248 Å². The molecule has 1 heterocycles. The smallest absolute Gasteiger partial charge is 0.416 e. The minimum Gasteiger partial charge on any atom is -0.481 e. The minimum atomic E-state index is -4.47. The van der Waals surface area contributed by atoms with Gasteiger partial charge in [0, 0.05) is 12.6 Å². The van der Waals surface area contributed by atoms with Gasteiger partial charge in [0.15, 0.2) is 0 Å². The summed E-state index contributed by atoms with van der Waals surface area (Å²) in [5.41, 5.74) is 0.778. The summed E-state index contributed by atoms with van der Waals surface area (Å²) in [7, 11) is 0. The standard InChI is InChI=1S/C34H37F6NO2/c1-21(2)19-32(4,31(42)43)30-17-26(24-9-13-29(14-10-24)34(38,39)40)16-27(18-30)25-6-5-15-41(20-25)22(3)23-7-11-28(12-8-23)33(35,36)37/h7-14,16-18,21-22,25H,5-6,15,19-20H2,1-4H3,(H,42,43)/t22?,25?,32-/m1/s1. The molecule has 0 spiro atoms. The highest BCUT2D eigenvalue weighted by molar-refractivity contribution is 5.82. The van der Waals surface area contributed by atoms with Crippen molar-refractivity contribution in [1.82, 2.24) is 4.90 Å². The van der Waals surface area contributed by atoms with Gasteiger partial charge >= 0.3 is 18.3 Å². The maximum Gasteiger partial charge on any atom is 0.416 e. The molecule has 0 aromatic heterocycles. The third-order valence-electron chi connectivity index (χ3n) is 8.62. The molecule has 0 saturated carbocycles. The van der Waals surface area contributed by atoms with Crippen LogP contribution in [-0.4, -0.2) is 29.1 Å². The van der Waals surface area contributed by atoms with Crippen molar-refractivity contribution in [2.24, 2.45) is 5.92 Å². The number of aliphatic carboxylic acids is 1. The van der Waals surface area contributed by atoms with E-state index in [1.54, 1.807) is 13.0 Å². The number of hydrogen-bond donors (Lipinski definition) is 1. The fraction of sp³-hybridized carbons (Fsp3) is 0.441. The fourth-order valence-corrected chi connectivity index (χ4v) is 6.16. The molecular weight excluding hydrogens is 568 g/mol. The van der Waals surface area contributed by atoms with Crippen molar-refractivity contribution in [3.05, 3.63) is 94.5 Å². The summed E-state index contributed by atoms with van der Waals surface area (Å²) in [6.45, 7) is 8.90. The molecule has 1 N–H and O–H groups in total. The summed E-state index contributed by atoms with van der Waals surface area (Å²) >= 11 is 0. The van der Waals surface area contributed by atoms with Crippen LogP contribution in [0.3, 0.4) is 0 Å². The molecule has 0 amide bonds. The van der Waals surface area contributed by atoms with Crippen molar-refractivity contribution in [2.75, 3.05) is 13.1 Å². The zero-order valence-electron chi connectivity index (χ0n) is 24.7. The quantitative estimate of drug-likeness (QED) is 0.260. The predicted octanol–water partition coefficient (Wildman–Crippen LogP) is 9.72. The Balaban J connectivity index is 1.72. The van der Waals surface area contributed by atoms with E-state index in [2.05, 4.69) is 4.90 Å². The molecule has 9 heteroatoms. The average Bonchev–Trinajstić information content (AvgIpc) is 2.95. The highest BCUT2D eigenvalue weighted by atomic mass is 19.4. The molecule has 2 unspecified atom stereocenters. The van der Waals surface area contributed by atoms with Gasteiger partial charge in [0.1, 0.15) is 0 Å². The number of alkyl halides is 6. The Morgan fingerprint density at radius 3 is 1.91 bits per heavy atom. The van der Waals surface area contributed by atoms with E-state index in [0.29, 0.717) is 29.7 Å². The van der Waals surface area contributed by atoms with Crippen molar-refractivity contribution in [3.63, 3.8) is 0 Å². The number of piperidine rings is 1. The van der Waals surface area contributed by atoms with E-state index in [0.717, 1.165) is 54.8 Å². The number of carbonyl (C=O) groups is 1. The van der Waals surface area contributed by atoms with E-state index in [-0.39, 0.29) is 17.9 Å². The summed E-state index contributed by atoms with van der Waals surface area (Å²) in [6, 6.07) is 15.5. The van der Waals surface area contributed by atoms with Crippen molar-refractivity contribution < 1.29 is 36.2 Å². The molecule has 4 rings (SSSR count). The van der Waals surface area contributed by atoms with Gasteiger partial charge in [0.2, 0.25) is 0 Å².